The van der Waals surface area contributed by atoms with Crippen LogP contribution in [0, 0.1) is 16.7 Å². The summed E-state index contributed by atoms with van der Waals surface area (Å²) in [6.07, 6.45) is 4.84. The van der Waals surface area contributed by atoms with Crippen molar-refractivity contribution in [1.29, 1.82) is 5.26 Å². The second-order valence-corrected chi connectivity index (χ2v) is 6.30. The summed E-state index contributed by atoms with van der Waals surface area (Å²) >= 11 is 0. The molecule has 0 spiro atoms. The molecular weight excluding hydrogens is 222 g/mol. The van der Waals surface area contributed by atoms with Crippen LogP contribution in [0.4, 0.5) is 0 Å². The third kappa shape index (κ3) is 4.96. The molecule has 0 aromatic rings. The molecule has 1 atom stereocenters. The molecule has 1 aliphatic heterocycles. The maximum absolute atomic E-state index is 9.09. The Bertz CT molecular complexity index is 272. The van der Waals surface area contributed by atoms with Crippen molar-refractivity contribution in [3.63, 3.8) is 0 Å². The SMILES string of the molecule is CCC1(C)CCN(CCC(C#N)NC(C)C)CC1. The van der Waals surface area contributed by atoms with Gasteiger partial charge in [0.15, 0.2) is 0 Å². The summed E-state index contributed by atoms with van der Waals surface area (Å²) in [6.45, 7) is 12.3. The van der Waals surface area contributed by atoms with E-state index in [0.29, 0.717) is 11.5 Å². The maximum Gasteiger partial charge on any atom is 0.0967 e. The van der Waals surface area contributed by atoms with Crippen LogP contribution >= 0.6 is 0 Å². The number of hydrogen-bond acceptors (Lipinski definition) is 3. The van der Waals surface area contributed by atoms with Gasteiger partial charge in [-0.15, -0.1) is 0 Å². The minimum absolute atomic E-state index is 0.00415. The molecule has 0 radical (unpaired) electrons. The molecule has 0 saturated carbocycles. The van der Waals surface area contributed by atoms with Crippen molar-refractivity contribution in [1.82, 2.24) is 10.2 Å². The Balaban J connectivity index is 2.27. The van der Waals surface area contributed by atoms with Gasteiger partial charge in [-0.3, -0.25) is 5.32 Å². The molecular formula is C15H29N3. The number of nitrogens with zero attached hydrogens (tertiary/aromatic N) is 2. The number of nitriles is 1. The van der Waals surface area contributed by atoms with Crippen molar-refractivity contribution in [3.8, 4) is 6.07 Å². The fraction of sp³-hybridized carbons (Fsp3) is 0.933. The third-order valence-electron chi connectivity index (χ3n) is 4.34. The fourth-order valence-corrected chi connectivity index (χ4v) is 2.57. The van der Waals surface area contributed by atoms with Gasteiger partial charge >= 0.3 is 0 Å². The lowest BCUT2D eigenvalue weighted by atomic mass is 9.78. The Morgan fingerprint density at radius 1 is 1.33 bits per heavy atom. The molecule has 0 aliphatic carbocycles. The lowest BCUT2D eigenvalue weighted by molar-refractivity contribution is 0.112. The molecule has 0 aromatic carbocycles. The summed E-state index contributed by atoms with van der Waals surface area (Å²) in [5, 5.41) is 12.4. The highest BCUT2D eigenvalue weighted by Gasteiger charge is 2.28. The molecule has 0 amide bonds. The van der Waals surface area contributed by atoms with E-state index in [4.69, 9.17) is 5.26 Å². The van der Waals surface area contributed by atoms with E-state index >= 15 is 0 Å². The molecule has 1 rings (SSSR count). The number of hydrogen-bond donors (Lipinski definition) is 1. The van der Waals surface area contributed by atoms with Crippen molar-refractivity contribution in [2.45, 2.75) is 65.5 Å². The van der Waals surface area contributed by atoms with Crippen molar-refractivity contribution >= 4 is 0 Å². The van der Waals surface area contributed by atoms with E-state index in [1.165, 1.54) is 32.4 Å². The molecule has 18 heavy (non-hydrogen) atoms. The highest BCUT2D eigenvalue weighted by atomic mass is 15.1. The molecule has 1 aliphatic rings. The summed E-state index contributed by atoms with van der Waals surface area (Å²) in [7, 11) is 0. The summed E-state index contributed by atoms with van der Waals surface area (Å²) < 4.78 is 0. The smallest absolute Gasteiger partial charge is 0.0967 e. The largest absolute Gasteiger partial charge is 0.303 e. The zero-order chi connectivity index (χ0) is 13.6. The Morgan fingerprint density at radius 2 is 1.94 bits per heavy atom. The van der Waals surface area contributed by atoms with Gasteiger partial charge in [0.1, 0.15) is 0 Å². The average molecular weight is 251 g/mol. The first-order chi connectivity index (χ1) is 8.49. The van der Waals surface area contributed by atoms with Crippen LogP contribution in [0.5, 0.6) is 0 Å². The normalized spacial score (nSPS) is 21.8. The lowest BCUT2D eigenvalue weighted by Gasteiger charge is -2.39. The third-order valence-corrected chi connectivity index (χ3v) is 4.34. The maximum atomic E-state index is 9.09. The first-order valence-electron chi connectivity index (χ1n) is 7.37. The van der Waals surface area contributed by atoms with Gasteiger partial charge in [-0.25, -0.2) is 0 Å². The van der Waals surface area contributed by atoms with Gasteiger partial charge in [0.05, 0.1) is 12.1 Å². The standard InChI is InChI=1S/C15H29N3/c1-5-15(4)7-10-18(11-8-15)9-6-14(12-16)17-13(2)3/h13-14,17H,5-11H2,1-4H3. The highest BCUT2D eigenvalue weighted by Crippen LogP contribution is 2.33. The molecule has 3 heteroatoms. The Morgan fingerprint density at radius 3 is 2.39 bits per heavy atom. The van der Waals surface area contributed by atoms with Crippen LogP contribution in [-0.2, 0) is 0 Å². The van der Waals surface area contributed by atoms with Crippen LogP contribution in [0.15, 0.2) is 0 Å². The number of likely N-dealkylation sites (tertiary alicyclic amines) is 1. The first-order valence-corrected chi connectivity index (χ1v) is 7.37. The number of piperidine rings is 1. The second kappa shape index (κ2) is 7.11. The Kier molecular flexibility index (Phi) is 6.11. The van der Waals surface area contributed by atoms with Crippen LogP contribution in [0.2, 0.25) is 0 Å². The first kappa shape index (κ1) is 15.5. The topological polar surface area (TPSA) is 39.1 Å². The van der Waals surface area contributed by atoms with Gasteiger partial charge < -0.3 is 4.90 Å². The summed E-state index contributed by atoms with van der Waals surface area (Å²) in [4.78, 5) is 2.52. The zero-order valence-electron chi connectivity index (χ0n) is 12.5. The predicted molar refractivity (Wildman–Crippen MR) is 76.4 cm³/mol. The van der Waals surface area contributed by atoms with Crippen molar-refractivity contribution < 1.29 is 0 Å². The van der Waals surface area contributed by atoms with Crippen molar-refractivity contribution in [2.75, 3.05) is 19.6 Å². The van der Waals surface area contributed by atoms with E-state index < -0.39 is 0 Å². The van der Waals surface area contributed by atoms with Gasteiger partial charge in [-0.1, -0.05) is 20.3 Å². The zero-order valence-corrected chi connectivity index (χ0v) is 12.5. The molecule has 1 fully saturated rings. The van der Waals surface area contributed by atoms with Gasteiger partial charge in [-0.2, -0.15) is 5.26 Å². The van der Waals surface area contributed by atoms with Gasteiger partial charge in [0.25, 0.3) is 0 Å². The van der Waals surface area contributed by atoms with E-state index in [2.05, 4.69) is 44.0 Å². The minimum atomic E-state index is 0.00415. The highest BCUT2D eigenvalue weighted by molar-refractivity contribution is 4.91. The molecule has 0 bridgehead atoms. The van der Waals surface area contributed by atoms with Gasteiger partial charge in [0, 0.05) is 12.6 Å². The Hall–Kier alpha value is -0.590. The lowest BCUT2D eigenvalue weighted by Crippen LogP contribution is -2.41. The van der Waals surface area contributed by atoms with Gasteiger partial charge in [0.2, 0.25) is 0 Å². The molecule has 0 aromatic heterocycles. The van der Waals surface area contributed by atoms with E-state index in [1.54, 1.807) is 0 Å². The van der Waals surface area contributed by atoms with Crippen LogP contribution in [-0.4, -0.2) is 36.6 Å². The van der Waals surface area contributed by atoms with E-state index in [0.717, 1.165) is 13.0 Å². The summed E-state index contributed by atoms with van der Waals surface area (Å²) in [5.74, 6) is 0. The Labute approximate surface area is 113 Å². The molecule has 1 unspecified atom stereocenters. The van der Waals surface area contributed by atoms with E-state index in [-0.39, 0.29) is 6.04 Å². The average Bonchev–Trinajstić information content (AvgIpc) is 2.36. The number of nitrogens with one attached hydrogen (secondary N) is 1. The second-order valence-electron chi connectivity index (χ2n) is 6.30. The van der Waals surface area contributed by atoms with Crippen LogP contribution in [0.1, 0.15) is 53.4 Å². The fourth-order valence-electron chi connectivity index (χ4n) is 2.57. The van der Waals surface area contributed by atoms with E-state index in [1.807, 2.05) is 0 Å². The van der Waals surface area contributed by atoms with Crippen molar-refractivity contribution in [3.05, 3.63) is 0 Å². The van der Waals surface area contributed by atoms with E-state index in [9.17, 15) is 0 Å². The predicted octanol–water partition coefficient (Wildman–Crippen LogP) is 2.78. The molecule has 104 valence electrons. The van der Waals surface area contributed by atoms with Crippen molar-refractivity contribution in [2.24, 2.45) is 5.41 Å². The van der Waals surface area contributed by atoms with Crippen LogP contribution in [0.3, 0.4) is 0 Å². The monoisotopic (exact) mass is 251 g/mol. The molecule has 1 saturated heterocycles. The summed E-state index contributed by atoms with van der Waals surface area (Å²) in [6, 6.07) is 2.76. The summed E-state index contributed by atoms with van der Waals surface area (Å²) in [5.41, 5.74) is 0.557. The molecule has 1 N–H and O–H groups in total. The van der Waals surface area contributed by atoms with Gasteiger partial charge in [-0.05, 0) is 51.6 Å². The number of rotatable bonds is 6. The van der Waals surface area contributed by atoms with Crippen LogP contribution in [0.25, 0.3) is 0 Å². The quantitative estimate of drug-likeness (QED) is 0.789. The molecule has 3 nitrogen and oxygen atoms in total. The molecule has 1 heterocycles. The minimum Gasteiger partial charge on any atom is -0.303 e. The van der Waals surface area contributed by atoms with Crippen LogP contribution < -0.4 is 5.32 Å².